The van der Waals surface area contributed by atoms with Crippen LogP contribution in [0.4, 0.5) is 0 Å². The van der Waals surface area contributed by atoms with Crippen LogP contribution in [0.3, 0.4) is 0 Å². The van der Waals surface area contributed by atoms with E-state index < -0.39 is 5.60 Å². The lowest BCUT2D eigenvalue weighted by atomic mass is 10.1. The van der Waals surface area contributed by atoms with Gasteiger partial charge in [-0.05, 0) is 34.6 Å². The van der Waals surface area contributed by atoms with Crippen molar-refractivity contribution in [1.29, 1.82) is 0 Å². The summed E-state index contributed by atoms with van der Waals surface area (Å²) >= 11 is 0. The number of nitrogens with zero attached hydrogens (tertiary/aromatic N) is 1. The van der Waals surface area contributed by atoms with Gasteiger partial charge in [0.05, 0.1) is 31.8 Å². The summed E-state index contributed by atoms with van der Waals surface area (Å²) in [6, 6.07) is 0. The van der Waals surface area contributed by atoms with Crippen LogP contribution in [0.15, 0.2) is 0 Å². The van der Waals surface area contributed by atoms with Crippen LogP contribution in [0.2, 0.25) is 0 Å². The van der Waals surface area contributed by atoms with Crippen LogP contribution >= 0.6 is 0 Å². The molecule has 0 radical (unpaired) electrons. The first-order chi connectivity index (χ1) is 10.1. The van der Waals surface area contributed by atoms with Crippen LogP contribution < -0.4 is 0 Å². The maximum absolute atomic E-state index is 11.9. The zero-order chi connectivity index (χ0) is 17.2. The number of carbonyl (C=O) groups excluding carboxylic acids is 1. The second-order valence-electron chi connectivity index (χ2n) is 6.98. The average Bonchev–Trinajstić information content (AvgIpc) is 2.34. The molecule has 0 rings (SSSR count). The fourth-order valence-corrected chi connectivity index (χ4v) is 1.88. The molecule has 6 nitrogen and oxygen atoms in total. The highest BCUT2D eigenvalue weighted by Gasteiger charge is 2.24. The molecule has 0 bridgehead atoms. The van der Waals surface area contributed by atoms with Crippen LogP contribution in [0.25, 0.3) is 0 Å². The number of rotatable bonds is 11. The number of ether oxygens (including phenoxy) is 2. The Bertz CT molecular complexity index is 306. The van der Waals surface area contributed by atoms with Gasteiger partial charge in [0, 0.05) is 26.1 Å². The molecule has 0 saturated carbocycles. The highest BCUT2D eigenvalue weighted by atomic mass is 16.6. The second-order valence-corrected chi connectivity index (χ2v) is 6.98. The van der Waals surface area contributed by atoms with Crippen LogP contribution in [0, 0.1) is 0 Å². The number of hydrogen-bond donors (Lipinski definition) is 2. The van der Waals surface area contributed by atoms with Crippen LogP contribution in [0.1, 0.15) is 47.5 Å². The summed E-state index contributed by atoms with van der Waals surface area (Å²) < 4.78 is 11.1. The zero-order valence-electron chi connectivity index (χ0n) is 14.7. The first kappa shape index (κ1) is 21.3. The largest absolute Gasteiger partial charge is 0.460 e. The molecular formula is C16H33NO5. The molecule has 22 heavy (non-hydrogen) atoms. The maximum Gasteiger partial charge on any atom is 0.307 e. The van der Waals surface area contributed by atoms with Crippen LogP contribution in [0.5, 0.6) is 0 Å². The number of esters is 1. The molecule has 0 saturated heterocycles. The van der Waals surface area contributed by atoms with Crippen LogP contribution in [-0.4, -0.2) is 71.7 Å². The average molecular weight is 319 g/mol. The molecule has 0 fully saturated rings. The molecule has 0 aliphatic heterocycles. The highest BCUT2D eigenvalue weighted by molar-refractivity contribution is 5.70. The highest BCUT2D eigenvalue weighted by Crippen LogP contribution is 2.18. The molecule has 0 aromatic heterocycles. The smallest absolute Gasteiger partial charge is 0.307 e. The molecule has 132 valence electrons. The third-order valence-electron chi connectivity index (χ3n) is 3.09. The Balaban J connectivity index is 4.11. The fourth-order valence-electron chi connectivity index (χ4n) is 1.88. The quantitative estimate of drug-likeness (QED) is 0.557. The summed E-state index contributed by atoms with van der Waals surface area (Å²) in [6.07, 6.45) is 0.872. The Morgan fingerprint density at radius 3 is 2.00 bits per heavy atom. The molecule has 0 unspecified atom stereocenters. The van der Waals surface area contributed by atoms with E-state index in [1.807, 2.05) is 39.5 Å². The summed E-state index contributed by atoms with van der Waals surface area (Å²) in [7, 11) is 0. The van der Waals surface area contributed by atoms with Gasteiger partial charge in [0.15, 0.2) is 0 Å². The molecule has 0 aliphatic carbocycles. The lowest BCUT2D eigenvalue weighted by Crippen LogP contribution is -2.35. The number of aliphatic hydroxyl groups is 2. The maximum atomic E-state index is 11.9. The predicted octanol–water partition coefficient (Wildman–Crippen LogP) is 1.19. The predicted molar refractivity (Wildman–Crippen MR) is 85.7 cm³/mol. The molecule has 0 aliphatic rings. The summed E-state index contributed by atoms with van der Waals surface area (Å²) in [5, 5.41) is 17.8. The molecule has 0 atom stereocenters. The van der Waals surface area contributed by atoms with Gasteiger partial charge in [0.1, 0.15) is 5.60 Å². The summed E-state index contributed by atoms with van der Waals surface area (Å²) in [6.45, 7) is 11.6. The van der Waals surface area contributed by atoms with E-state index in [2.05, 4.69) is 0 Å². The van der Waals surface area contributed by atoms with Crippen molar-refractivity contribution in [3.63, 3.8) is 0 Å². The minimum Gasteiger partial charge on any atom is -0.460 e. The van der Waals surface area contributed by atoms with Gasteiger partial charge in [-0.15, -0.1) is 0 Å². The number of carbonyl (C=O) groups is 1. The van der Waals surface area contributed by atoms with Crippen molar-refractivity contribution in [3.05, 3.63) is 0 Å². The zero-order valence-corrected chi connectivity index (χ0v) is 14.7. The van der Waals surface area contributed by atoms with E-state index >= 15 is 0 Å². The summed E-state index contributed by atoms with van der Waals surface area (Å²) in [5.74, 6) is -0.276. The first-order valence-corrected chi connectivity index (χ1v) is 7.89. The molecule has 0 amide bonds. The molecule has 2 N–H and O–H groups in total. The second kappa shape index (κ2) is 10.2. The third kappa shape index (κ3) is 11.9. The lowest BCUT2D eigenvalue weighted by molar-refractivity contribution is -0.159. The van der Waals surface area contributed by atoms with E-state index in [-0.39, 0.29) is 31.2 Å². The fraction of sp³-hybridized carbons (Fsp3) is 0.938. The van der Waals surface area contributed by atoms with E-state index in [9.17, 15) is 4.79 Å². The van der Waals surface area contributed by atoms with Crippen LogP contribution in [-0.2, 0) is 14.3 Å². The van der Waals surface area contributed by atoms with Gasteiger partial charge in [0.2, 0.25) is 0 Å². The minimum atomic E-state index is -0.568. The lowest BCUT2D eigenvalue weighted by Gasteiger charge is -2.28. The van der Waals surface area contributed by atoms with Gasteiger partial charge >= 0.3 is 5.97 Å². The number of aliphatic hydroxyl groups excluding tert-OH is 2. The van der Waals surface area contributed by atoms with Crippen molar-refractivity contribution in [2.24, 2.45) is 0 Å². The Hall–Kier alpha value is -0.690. The number of hydrogen-bond acceptors (Lipinski definition) is 6. The Morgan fingerprint density at radius 1 is 1.00 bits per heavy atom. The van der Waals surface area contributed by atoms with Crippen molar-refractivity contribution >= 4 is 5.97 Å². The van der Waals surface area contributed by atoms with Gasteiger partial charge in [-0.2, -0.15) is 0 Å². The molecule has 0 aromatic rings. The molecule has 6 heteroatoms. The van der Waals surface area contributed by atoms with E-state index in [0.29, 0.717) is 32.7 Å². The molecule has 0 aromatic carbocycles. The summed E-state index contributed by atoms with van der Waals surface area (Å²) in [5.41, 5.74) is -0.768. The van der Waals surface area contributed by atoms with Gasteiger partial charge in [-0.3, -0.25) is 9.69 Å². The molecule has 0 heterocycles. The first-order valence-electron chi connectivity index (χ1n) is 7.89. The molecule has 0 spiro atoms. The van der Waals surface area contributed by atoms with Crippen molar-refractivity contribution < 1.29 is 24.5 Å². The molecular weight excluding hydrogens is 286 g/mol. The van der Waals surface area contributed by atoms with Crippen molar-refractivity contribution in [1.82, 2.24) is 4.90 Å². The Morgan fingerprint density at radius 2 is 1.55 bits per heavy atom. The Labute approximate surface area is 134 Å². The van der Waals surface area contributed by atoms with E-state index in [1.54, 1.807) is 0 Å². The normalized spacial score (nSPS) is 12.7. The summed E-state index contributed by atoms with van der Waals surface area (Å²) in [4.78, 5) is 13.7. The van der Waals surface area contributed by atoms with Gasteiger partial charge < -0.3 is 19.7 Å². The van der Waals surface area contributed by atoms with Gasteiger partial charge in [0.25, 0.3) is 0 Å². The van der Waals surface area contributed by atoms with Gasteiger partial charge in [-0.25, -0.2) is 0 Å². The van der Waals surface area contributed by atoms with Crippen molar-refractivity contribution in [2.75, 3.05) is 39.5 Å². The Kier molecular flexibility index (Phi) is 9.84. The topological polar surface area (TPSA) is 79.2 Å². The van der Waals surface area contributed by atoms with E-state index in [1.165, 1.54) is 0 Å². The standard InChI is InChI=1S/C16H33NO5/c1-15(2,3)21-13-7-16(4,5)22-14(20)6-8-17(9-11-18)10-12-19/h18-19H,6-13H2,1-5H3. The third-order valence-corrected chi connectivity index (χ3v) is 3.09. The monoisotopic (exact) mass is 319 g/mol. The SMILES string of the molecule is CC(C)(C)OCCC(C)(C)OC(=O)CCN(CCO)CCO. The van der Waals surface area contributed by atoms with E-state index in [0.717, 1.165) is 0 Å². The minimum absolute atomic E-state index is 0.00465. The van der Waals surface area contributed by atoms with Crippen molar-refractivity contribution in [2.45, 2.75) is 58.7 Å². The van der Waals surface area contributed by atoms with Crippen molar-refractivity contribution in [3.8, 4) is 0 Å². The van der Waals surface area contributed by atoms with E-state index in [4.69, 9.17) is 19.7 Å². The van der Waals surface area contributed by atoms with Gasteiger partial charge in [-0.1, -0.05) is 0 Å².